The van der Waals surface area contributed by atoms with Gasteiger partial charge in [0.05, 0.1) is 5.41 Å². The fourth-order valence-electron chi connectivity index (χ4n) is 3.09. The summed E-state index contributed by atoms with van der Waals surface area (Å²) in [5.41, 5.74) is 4.19. The van der Waals surface area contributed by atoms with E-state index in [0.717, 1.165) is 28.1 Å². The molecule has 0 atom stereocenters. The van der Waals surface area contributed by atoms with Gasteiger partial charge < -0.3 is 10.2 Å². The molecule has 0 fully saturated rings. The first-order valence-electron chi connectivity index (χ1n) is 8.08. The van der Waals surface area contributed by atoms with Gasteiger partial charge in [0, 0.05) is 11.4 Å². The highest BCUT2D eigenvalue weighted by molar-refractivity contribution is 6.11. The first-order chi connectivity index (χ1) is 11.3. The topological polar surface area (TPSA) is 49.4 Å². The highest BCUT2D eigenvalue weighted by atomic mass is 16.2. The number of anilines is 2. The normalized spacial score (nSPS) is 15.3. The highest BCUT2D eigenvalue weighted by Crippen LogP contribution is 2.41. The lowest BCUT2D eigenvalue weighted by molar-refractivity contribution is -0.124. The molecule has 0 unspecified atom stereocenters. The number of aryl methyl sites for hydroxylation is 2. The largest absolute Gasteiger partial charge is 0.325 e. The van der Waals surface area contributed by atoms with Gasteiger partial charge in [-0.15, -0.1) is 0 Å². The lowest BCUT2D eigenvalue weighted by Crippen LogP contribution is -2.40. The average Bonchev–Trinajstić information content (AvgIpc) is 2.71. The Balaban J connectivity index is 1.81. The van der Waals surface area contributed by atoms with E-state index in [-0.39, 0.29) is 18.4 Å². The Kier molecular flexibility index (Phi) is 3.91. The van der Waals surface area contributed by atoms with Crippen LogP contribution in [0.2, 0.25) is 0 Å². The summed E-state index contributed by atoms with van der Waals surface area (Å²) < 4.78 is 0. The molecule has 1 N–H and O–H groups in total. The summed E-state index contributed by atoms with van der Waals surface area (Å²) in [7, 11) is 0. The summed E-state index contributed by atoms with van der Waals surface area (Å²) in [4.78, 5) is 26.7. The summed E-state index contributed by atoms with van der Waals surface area (Å²) in [6.45, 7) is 7.84. The molecule has 0 spiro atoms. The van der Waals surface area contributed by atoms with Crippen LogP contribution in [0.1, 0.15) is 30.5 Å². The quantitative estimate of drug-likeness (QED) is 0.939. The number of amides is 2. The van der Waals surface area contributed by atoms with Crippen molar-refractivity contribution in [3.63, 3.8) is 0 Å². The van der Waals surface area contributed by atoms with Crippen molar-refractivity contribution in [1.29, 1.82) is 0 Å². The lowest BCUT2D eigenvalue weighted by atomic mass is 9.85. The molecule has 2 aromatic rings. The molecule has 0 radical (unpaired) electrons. The molecule has 0 saturated carbocycles. The molecular weight excluding hydrogens is 300 g/mol. The predicted octanol–water partition coefficient (Wildman–Crippen LogP) is 3.57. The Morgan fingerprint density at radius 3 is 2.33 bits per heavy atom. The van der Waals surface area contributed by atoms with E-state index in [9.17, 15) is 9.59 Å². The Hall–Kier alpha value is -2.62. The van der Waals surface area contributed by atoms with Crippen molar-refractivity contribution in [2.45, 2.75) is 33.1 Å². The van der Waals surface area contributed by atoms with E-state index in [1.54, 1.807) is 4.90 Å². The van der Waals surface area contributed by atoms with Crippen LogP contribution in [-0.4, -0.2) is 18.4 Å². The van der Waals surface area contributed by atoms with Crippen molar-refractivity contribution in [3.05, 3.63) is 59.2 Å². The Morgan fingerprint density at radius 1 is 1.04 bits per heavy atom. The molecule has 2 amide bonds. The lowest BCUT2D eigenvalue weighted by Gasteiger charge is -2.20. The van der Waals surface area contributed by atoms with Crippen LogP contribution in [0.25, 0.3) is 0 Å². The van der Waals surface area contributed by atoms with Crippen LogP contribution >= 0.6 is 0 Å². The summed E-state index contributed by atoms with van der Waals surface area (Å²) in [6.07, 6.45) is 0. The van der Waals surface area contributed by atoms with Gasteiger partial charge in [-0.05, 0) is 51.5 Å². The second-order valence-electron chi connectivity index (χ2n) is 6.95. The van der Waals surface area contributed by atoms with E-state index in [1.165, 1.54) is 0 Å². The van der Waals surface area contributed by atoms with Gasteiger partial charge in [-0.3, -0.25) is 9.59 Å². The number of hydrogen-bond acceptors (Lipinski definition) is 2. The smallest absolute Gasteiger partial charge is 0.244 e. The number of benzene rings is 2. The number of hydrogen-bond donors (Lipinski definition) is 1. The van der Waals surface area contributed by atoms with Crippen LogP contribution in [-0.2, 0) is 15.0 Å². The molecule has 0 aliphatic carbocycles. The maximum atomic E-state index is 12.8. The van der Waals surface area contributed by atoms with E-state index in [2.05, 4.69) is 5.32 Å². The summed E-state index contributed by atoms with van der Waals surface area (Å²) in [5.74, 6) is -0.237. The number of carbonyl (C=O) groups excluding carboxylic acids is 2. The van der Waals surface area contributed by atoms with Crippen molar-refractivity contribution >= 4 is 23.2 Å². The molecule has 0 bridgehead atoms. The number of nitrogens with one attached hydrogen (secondary N) is 1. The third-order valence-electron chi connectivity index (χ3n) is 4.53. The summed E-state index contributed by atoms with van der Waals surface area (Å²) in [5, 5.41) is 2.85. The van der Waals surface area contributed by atoms with Crippen LogP contribution in [0.4, 0.5) is 11.4 Å². The van der Waals surface area contributed by atoms with Crippen LogP contribution in [0.3, 0.4) is 0 Å². The number of nitrogens with zero attached hydrogens (tertiary/aromatic N) is 1. The molecule has 0 saturated heterocycles. The zero-order valence-corrected chi connectivity index (χ0v) is 14.5. The molecule has 1 aliphatic heterocycles. The van der Waals surface area contributed by atoms with Gasteiger partial charge in [-0.2, -0.15) is 0 Å². The minimum atomic E-state index is -0.606. The first kappa shape index (κ1) is 16.2. The number of fused-ring (bicyclic) bond motifs is 1. The van der Waals surface area contributed by atoms with Crippen LogP contribution in [0.15, 0.2) is 42.5 Å². The van der Waals surface area contributed by atoms with E-state index in [1.807, 2.05) is 70.2 Å². The van der Waals surface area contributed by atoms with Gasteiger partial charge in [0.25, 0.3) is 0 Å². The molecule has 124 valence electrons. The molecule has 2 aromatic carbocycles. The van der Waals surface area contributed by atoms with E-state index >= 15 is 0 Å². The van der Waals surface area contributed by atoms with Crippen molar-refractivity contribution in [2.24, 2.45) is 0 Å². The van der Waals surface area contributed by atoms with Gasteiger partial charge in [0.1, 0.15) is 6.54 Å². The molecule has 1 heterocycles. The van der Waals surface area contributed by atoms with Crippen molar-refractivity contribution in [3.8, 4) is 0 Å². The Bertz CT molecular complexity index is 807. The fraction of sp³-hybridized carbons (Fsp3) is 0.300. The van der Waals surface area contributed by atoms with E-state index in [0.29, 0.717) is 0 Å². The second-order valence-corrected chi connectivity index (χ2v) is 6.95. The minimum absolute atomic E-state index is 0.0200. The number of carbonyl (C=O) groups is 2. The zero-order chi connectivity index (χ0) is 17.5. The first-order valence-corrected chi connectivity index (χ1v) is 8.08. The standard InChI is InChI=1S/C20H22N2O2/c1-13-5-8-15(9-6-13)21-18(23)12-22-17-10-7-14(2)11-16(17)20(3,4)19(22)24/h5-11H,12H2,1-4H3,(H,21,23). The maximum Gasteiger partial charge on any atom is 0.244 e. The second kappa shape index (κ2) is 5.78. The van der Waals surface area contributed by atoms with Crippen molar-refractivity contribution in [2.75, 3.05) is 16.8 Å². The molecule has 4 heteroatoms. The van der Waals surface area contributed by atoms with E-state index < -0.39 is 5.41 Å². The van der Waals surface area contributed by atoms with Crippen molar-refractivity contribution < 1.29 is 9.59 Å². The van der Waals surface area contributed by atoms with Gasteiger partial charge in [-0.1, -0.05) is 35.4 Å². The molecular formula is C20H22N2O2. The zero-order valence-electron chi connectivity index (χ0n) is 14.5. The van der Waals surface area contributed by atoms with Crippen LogP contribution in [0, 0.1) is 13.8 Å². The van der Waals surface area contributed by atoms with Crippen molar-refractivity contribution in [1.82, 2.24) is 0 Å². The van der Waals surface area contributed by atoms with Crippen LogP contribution in [0.5, 0.6) is 0 Å². The van der Waals surface area contributed by atoms with E-state index in [4.69, 9.17) is 0 Å². The summed E-state index contributed by atoms with van der Waals surface area (Å²) in [6, 6.07) is 13.5. The molecule has 0 aromatic heterocycles. The molecule has 24 heavy (non-hydrogen) atoms. The molecule has 3 rings (SSSR count). The summed E-state index contributed by atoms with van der Waals surface area (Å²) >= 11 is 0. The number of rotatable bonds is 3. The third kappa shape index (κ3) is 2.80. The maximum absolute atomic E-state index is 12.8. The fourth-order valence-corrected chi connectivity index (χ4v) is 3.09. The Labute approximate surface area is 142 Å². The monoisotopic (exact) mass is 322 g/mol. The van der Waals surface area contributed by atoms with Gasteiger partial charge in [-0.25, -0.2) is 0 Å². The van der Waals surface area contributed by atoms with Gasteiger partial charge >= 0.3 is 0 Å². The highest BCUT2D eigenvalue weighted by Gasteiger charge is 2.44. The van der Waals surface area contributed by atoms with Gasteiger partial charge in [0.15, 0.2) is 0 Å². The average molecular weight is 322 g/mol. The SMILES string of the molecule is Cc1ccc(NC(=O)CN2C(=O)C(C)(C)c3cc(C)ccc32)cc1. The van der Waals surface area contributed by atoms with Crippen LogP contribution < -0.4 is 10.2 Å². The molecule has 1 aliphatic rings. The predicted molar refractivity (Wildman–Crippen MR) is 96.4 cm³/mol. The third-order valence-corrected chi connectivity index (χ3v) is 4.53. The molecule has 4 nitrogen and oxygen atoms in total. The van der Waals surface area contributed by atoms with Gasteiger partial charge in [0.2, 0.25) is 11.8 Å². The minimum Gasteiger partial charge on any atom is -0.325 e. The Morgan fingerprint density at radius 2 is 1.67 bits per heavy atom.